The molecule has 3 N–H and O–H groups in total. The number of fused-ring (bicyclic) bond motifs is 1. The molecule has 3 rings (SSSR count). The number of benzene rings is 2. The quantitative estimate of drug-likeness (QED) is 0.763. The van der Waals surface area contributed by atoms with E-state index >= 15 is 0 Å². The standard InChI is InChI=1S/C18H15FN2O2S/c1-10-14-12(19)8-5-9-13(14)24-16(10)18(23)21-15(17(20)22)11-6-3-2-4-7-11/h2-9,15H,1H3,(H2,20,22)(H,21,23). The molecule has 2 amide bonds. The van der Waals surface area contributed by atoms with E-state index in [9.17, 15) is 14.0 Å². The van der Waals surface area contributed by atoms with Gasteiger partial charge in [-0.1, -0.05) is 36.4 Å². The van der Waals surface area contributed by atoms with Gasteiger partial charge >= 0.3 is 0 Å². The molecule has 3 aromatic rings. The van der Waals surface area contributed by atoms with Crippen LogP contribution in [0, 0.1) is 12.7 Å². The zero-order valence-corrected chi connectivity index (χ0v) is 13.7. The normalized spacial score (nSPS) is 12.1. The Kier molecular flexibility index (Phi) is 4.31. The summed E-state index contributed by atoms with van der Waals surface area (Å²) in [6, 6.07) is 12.5. The number of carbonyl (C=O) groups excluding carboxylic acids is 2. The highest BCUT2D eigenvalue weighted by Gasteiger charge is 2.24. The van der Waals surface area contributed by atoms with Crippen LogP contribution in [0.15, 0.2) is 48.5 Å². The van der Waals surface area contributed by atoms with Crippen LogP contribution in [0.5, 0.6) is 0 Å². The van der Waals surface area contributed by atoms with Gasteiger partial charge in [0.2, 0.25) is 5.91 Å². The first-order chi connectivity index (χ1) is 11.5. The van der Waals surface area contributed by atoms with Crippen LogP contribution in [0.4, 0.5) is 4.39 Å². The van der Waals surface area contributed by atoms with Gasteiger partial charge in [-0.3, -0.25) is 9.59 Å². The van der Waals surface area contributed by atoms with Crippen LogP contribution in [-0.2, 0) is 4.79 Å². The monoisotopic (exact) mass is 342 g/mol. The Morgan fingerprint density at radius 2 is 1.83 bits per heavy atom. The van der Waals surface area contributed by atoms with Crippen molar-refractivity contribution in [1.29, 1.82) is 0 Å². The number of hydrogen-bond donors (Lipinski definition) is 2. The van der Waals surface area contributed by atoms with Crippen molar-refractivity contribution in [2.75, 3.05) is 0 Å². The fraction of sp³-hybridized carbons (Fsp3) is 0.111. The lowest BCUT2D eigenvalue weighted by molar-refractivity contribution is -0.120. The van der Waals surface area contributed by atoms with Crippen LogP contribution in [0.1, 0.15) is 26.8 Å². The van der Waals surface area contributed by atoms with E-state index in [2.05, 4.69) is 5.32 Å². The lowest BCUT2D eigenvalue weighted by Gasteiger charge is -2.15. The number of nitrogens with one attached hydrogen (secondary N) is 1. The van der Waals surface area contributed by atoms with Gasteiger partial charge in [0.05, 0.1) is 4.88 Å². The predicted molar refractivity (Wildman–Crippen MR) is 92.4 cm³/mol. The van der Waals surface area contributed by atoms with E-state index in [4.69, 9.17) is 5.73 Å². The minimum atomic E-state index is -0.937. The molecule has 4 nitrogen and oxygen atoms in total. The van der Waals surface area contributed by atoms with Crippen molar-refractivity contribution in [3.05, 3.63) is 70.4 Å². The minimum absolute atomic E-state index is 0.366. The molecule has 0 aliphatic rings. The summed E-state index contributed by atoms with van der Waals surface area (Å²) in [4.78, 5) is 24.7. The van der Waals surface area contributed by atoms with Gasteiger partial charge in [-0.25, -0.2) is 4.39 Å². The number of hydrogen-bond acceptors (Lipinski definition) is 3. The molecule has 0 spiro atoms. The Balaban J connectivity index is 1.96. The highest BCUT2D eigenvalue weighted by atomic mass is 32.1. The number of thiophene rings is 1. The maximum absolute atomic E-state index is 14.0. The summed E-state index contributed by atoms with van der Waals surface area (Å²) in [5.74, 6) is -1.46. The minimum Gasteiger partial charge on any atom is -0.368 e. The zero-order valence-electron chi connectivity index (χ0n) is 12.9. The molecule has 0 radical (unpaired) electrons. The van der Waals surface area contributed by atoms with E-state index in [1.54, 1.807) is 43.3 Å². The van der Waals surface area contributed by atoms with Crippen LogP contribution < -0.4 is 11.1 Å². The molecule has 0 aliphatic heterocycles. The molecule has 1 atom stereocenters. The number of aryl methyl sites for hydroxylation is 1. The SMILES string of the molecule is Cc1c(C(=O)NC(C(N)=O)c2ccccc2)sc2cccc(F)c12. The van der Waals surface area contributed by atoms with E-state index in [1.165, 1.54) is 17.4 Å². The number of amides is 2. The summed E-state index contributed by atoms with van der Waals surface area (Å²) in [7, 11) is 0. The molecule has 24 heavy (non-hydrogen) atoms. The first-order valence-electron chi connectivity index (χ1n) is 7.31. The highest BCUT2D eigenvalue weighted by Crippen LogP contribution is 2.32. The maximum Gasteiger partial charge on any atom is 0.262 e. The van der Waals surface area contributed by atoms with Crippen molar-refractivity contribution in [1.82, 2.24) is 5.32 Å². The van der Waals surface area contributed by atoms with Gasteiger partial charge in [0.25, 0.3) is 5.91 Å². The molecule has 122 valence electrons. The second-order valence-corrected chi connectivity index (χ2v) is 6.44. The van der Waals surface area contributed by atoms with Gasteiger partial charge in [0, 0.05) is 10.1 Å². The summed E-state index contributed by atoms with van der Waals surface area (Å²) in [6.45, 7) is 1.69. The number of nitrogens with two attached hydrogens (primary N) is 1. The Labute approximate surface area is 142 Å². The van der Waals surface area contributed by atoms with Crippen LogP contribution in [0.25, 0.3) is 10.1 Å². The summed E-state index contributed by atoms with van der Waals surface area (Å²) >= 11 is 1.19. The summed E-state index contributed by atoms with van der Waals surface area (Å²) in [6.07, 6.45) is 0. The Morgan fingerprint density at radius 3 is 2.46 bits per heavy atom. The van der Waals surface area contributed by atoms with Gasteiger partial charge in [-0.15, -0.1) is 11.3 Å². The summed E-state index contributed by atoms with van der Waals surface area (Å²) in [5.41, 5.74) is 6.58. The van der Waals surface area contributed by atoms with E-state index in [1.807, 2.05) is 6.07 Å². The number of carbonyl (C=O) groups is 2. The molecule has 1 aromatic heterocycles. The fourth-order valence-corrected chi connectivity index (χ4v) is 3.76. The Bertz CT molecular complexity index is 921. The third-order valence-electron chi connectivity index (χ3n) is 3.80. The second kappa shape index (κ2) is 6.41. The molecule has 0 bridgehead atoms. The van der Waals surface area contributed by atoms with Crippen LogP contribution in [-0.4, -0.2) is 11.8 Å². The molecule has 0 fully saturated rings. The summed E-state index contributed by atoms with van der Waals surface area (Å²) in [5, 5.41) is 3.08. The highest BCUT2D eigenvalue weighted by molar-refractivity contribution is 7.21. The zero-order chi connectivity index (χ0) is 17.3. The predicted octanol–water partition coefficient (Wildman–Crippen LogP) is 3.31. The van der Waals surface area contributed by atoms with Crippen molar-refractivity contribution >= 4 is 33.2 Å². The molecular weight excluding hydrogens is 327 g/mol. The van der Waals surface area contributed by atoms with Gasteiger partial charge < -0.3 is 11.1 Å². The van der Waals surface area contributed by atoms with Crippen LogP contribution in [0.2, 0.25) is 0 Å². The van der Waals surface area contributed by atoms with Gasteiger partial charge in [-0.2, -0.15) is 0 Å². The first kappa shape index (κ1) is 16.1. The second-order valence-electron chi connectivity index (χ2n) is 5.39. The average molecular weight is 342 g/mol. The number of halogens is 1. The van der Waals surface area contributed by atoms with E-state index in [0.29, 0.717) is 26.1 Å². The molecule has 0 saturated carbocycles. The fourth-order valence-electron chi connectivity index (χ4n) is 2.63. The largest absolute Gasteiger partial charge is 0.368 e. The van der Waals surface area contributed by atoms with Crippen LogP contribution >= 0.6 is 11.3 Å². The molecule has 6 heteroatoms. The lowest BCUT2D eigenvalue weighted by atomic mass is 10.1. The van der Waals surface area contributed by atoms with Crippen molar-refractivity contribution in [2.45, 2.75) is 13.0 Å². The van der Waals surface area contributed by atoms with Crippen molar-refractivity contribution in [2.24, 2.45) is 5.73 Å². The van der Waals surface area contributed by atoms with Gasteiger partial charge in [0.1, 0.15) is 11.9 Å². The molecule has 1 heterocycles. The lowest BCUT2D eigenvalue weighted by Crippen LogP contribution is -2.37. The average Bonchev–Trinajstić information content (AvgIpc) is 2.91. The molecule has 0 saturated heterocycles. The number of rotatable bonds is 4. The van der Waals surface area contributed by atoms with Gasteiger partial charge in [0.15, 0.2) is 0 Å². The van der Waals surface area contributed by atoms with Crippen molar-refractivity contribution in [3.63, 3.8) is 0 Å². The van der Waals surface area contributed by atoms with E-state index < -0.39 is 17.9 Å². The molecular formula is C18H15FN2O2S. The van der Waals surface area contributed by atoms with Crippen LogP contribution in [0.3, 0.4) is 0 Å². The molecule has 2 aromatic carbocycles. The Morgan fingerprint density at radius 1 is 1.12 bits per heavy atom. The summed E-state index contributed by atoms with van der Waals surface area (Å²) < 4.78 is 14.7. The smallest absolute Gasteiger partial charge is 0.262 e. The van der Waals surface area contributed by atoms with E-state index in [0.717, 1.165) is 0 Å². The first-order valence-corrected chi connectivity index (χ1v) is 8.13. The van der Waals surface area contributed by atoms with Gasteiger partial charge in [-0.05, 0) is 30.2 Å². The van der Waals surface area contributed by atoms with E-state index in [-0.39, 0.29) is 5.82 Å². The van der Waals surface area contributed by atoms with Crippen molar-refractivity contribution in [3.8, 4) is 0 Å². The number of primary amides is 1. The molecule has 0 aliphatic carbocycles. The maximum atomic E-state index is 14.0. The Hall–Kier alpha value is -2.73. The van der Waals surface area contributed by atoms with Crippen molar-refractivity contribution < 1.29 is 14.0 Å². The third-order valence-corrected chi connectivity index (χ3v) is 5.06. The third kappa shape index (κ3) is 2.88. The molecule has 1 unspecified atom stereocenters. The topological polar surface area (TPSA) is 72.2 Å².